The van der Waals surface area contributed by atoms with Gasteiger partial charge < -0.3 is 5.11 Å². The second kappa shape index (κ2) is 5.23. The van der Waals surface area contributed by atoms with Crippen molar-refractivity contribution in [3.63, 3.8) is 0 Å². The topological polar surface area (TPSA) is 49.7 Å². The van der Waals surface area contributed by atoms with Crippen LogP contribution in [-0.2, 0) is 4.79 Å². The average Bonchev–Trinajstić information content (AvgIpc) is 2.66. The maximum atomic E-state index is 10.3. The van der Waals surface area contributed by atoms with Crippen LogP contribution in [0.25, 0.3) is 9.40 Å². The standard InChI is InChI=1S/C11H11NO2S2/c13-10(14)6-3-7-12-11-15-8-4-1-2-5-9(8)16-11/h1-2,4-5H,3,6-7H2,(H,13,14). The molecule has 1 N–H and O–H groups in total. The quantitative estimate of drug-likeness (QED) is 0.852. The predicted molar refractivity (Wildman–Crippen MR) is 67.0 cm³/mol. The summed E-state index contributed by atoms with van der Waals surface area (Å²) in [5.41, 5.74) is 0. The molecule has 0 radical (unpaired) electrons. The highest BCUT2D eigenvalue weighted by atomic mass is 32.2. The Hall–Kier alpha value is -1.20. The first-order chi connectivity index (χ1) is 7.75. The molecule has 0 saturated carbocycles. The van der Waals surface area contributed by atoms with Crippen molar-refractivity contribution in [1.29, 1.82) is 0 Å². The van der Waals surface area contributed by atoms with Crippen molar-refractivity contribution in [2.45, 2.75) is 12.8 Å². The molecule has 0 aliphatic rings. The van der Waals surface area contributed by atoms with Gasteiger partial charge in [0.25, 0.3) is 0 Å². The van der Waals surface area contributed by atoms with E-state index in [0.717, 1.165) is 3.98 Å². The molecule has 0 fully saturated rings. The number of carboxylic acid groups (broad SMARTS) is 1. The molecule has 2 aromatic rings. The number of carbonyl (C=O) groups is 1. The zero-order valence-corrected chi connectivity index (χ0v) is 10.2. The molecule has 0 amide bonds. The zero-order valence-electron chi connectivity index (χ0n) is 8.55. The Morgan fingerprint density at radius 2 is 1.88 bits per heavy atom. The van der Waals surface area contributed by atoms with E-state index < -0.39 is 5.97 Å². The van der Waals surface area contributed by atoms with Crippen LogP contribution in [-0.4, -0.2) is 17.6 Å². The summed E-state index contributed by atoms with van der Waals surface area (Å²) in [4.78, 5) is 14.7. The van der Waals surface area contributed by atoms with E-state index in [1.54, 1.807) is 22.7 Å². The van der Waals surface area contributed by atoms with Crippen molar-refractivity contribution in [2.24, 2.45) is 4.99 Å². The van der Waals surface area contributed by atoms with Gasteiger partial charge in [-0.3, -0.25) is 9.79 Å². The maximum Gasteiger partial charge on any atom is 0.303 e. The van der Waals surface area contributed by atoms with Crippen LogP contribution in [0.4, 0.5) is 0 Å². The Morgan fingerprint density at radius 3 is 2.44 bits per heavy atom. The average molecular weight is 253 g/mol. The van der Waals surface area contributed by atoms with Crippen LogP contribution in [0.15, 0.2) is 29.3 Å². The van der Waals surface area contributed by atoms with Crippen LogP contribution in [0.1, 0.15) is 12.8 Å². The number of carboxylic acids is 1. The number of rotatable bonds is 4. The highest BCUT2D eigenvalue weighted by Gasteiger charge is 1.97. The molecule has 0 spiro atoms. The lowest BCUT2D eigenvalue weighted by Crippen LogP contribution is -1.97. The van der Waals surface area contributed by atoms with Crippen LogP contribution >= 0.6 is 22.7 Å². The van der Waals surface area contributed by atoms with Gasteiger partial charge in [0.2, 0.25) is 0 Å². The van der Waals surface area contributed by atoms with Gasteiger partial charge in [0.1, 0.15) is 0 Å². The summed E-state index contributed by atoms with van der Waals surface area (Å²) < 4.78 is 3.50. The van der Waals surface area contributed by atoms with Gasteiger partial charge >= 0.3 is 5.97 Å². The molecule has 84 valence electrons. The fraction of sp³-hybridized carbons (Fsp3) is 0.273. The molecule has 5 heteroatoms. The minimum absolute atomic E-state index is 0.194. The largest absolute Gasteiger partial charge is 0.481 e. The number of fused-ring (bicyclic) bond motifs is 1. The summed E-state index contributed by atoms with van der Waals surface area (Å²) in [6, 6.07) is 8.18. The van der Waals surface area contributed by atoms with Gasteiger partial charge in [-0.05, 0) is 18.6 Å². The first-order valence-corrected chi connectivity index (χ1v) is 6.60. The maximum absolute atomic E-state index is 10.3. The van der Waals surface area contributed by atoms with Crippen molar-refractivity contribution in [2.75, 3.05) is 6.54 Å². The third kappa shape index (κ3) is 2.90. The monoisotopic (exact) mass is 253 g/mol. The van der Waals surface area contributed by atoms with Gasteiger partial charge in [0.15, 0.2) is 3.98 Å². The summed E-state index contributed by atoms with van der Waals surface area (Å²) >= 11 is 3.32. The van der Waals surface area contributed by atoms with E-state index in [0.29, 0.717) is 13.0 Å². The normalized spacial score (nSPS) is 10.5. The van der Waals surface area contributed by atoms with Gasteiger partial charge in [-0.15, -0.1) is 22.7 Å². The summed E-state index contributed by atoms with van der Waals surface area (Å²) in [6.45, 7) is 0.593. The second-order valence-corrected chi connectivity index (χ2v) is 5.62. The van der Waals surface area contributed by atoms with Gasteiger partial charge in [-0.1, -0.05) is 12.1 Å². The fourth-order valence-corrected chi connectivity index (χ4v) is 3.57. The van der Waals surface area contributed by atoms with E-state index in [9.17, 15) is 4.79 Å². The van der Waals surface area contributed by atoms with E-state index in [-0.39, 0.29) is 6.42 Å². The van der Waals surface area contributed by atoms with E-state index in [1.807, 2.05) is 12.1 Å². The van der Waals surface area contributed by atoms with E-state index >= 15 is 0 Å². The van der Waals surface area contributed by atoms with Crippen molar-refractivity contribution in [1.82, 2.24) is 0 Å². The summed E-state index contributed by atoms with van der Waals surface area (Å²) in [6.07, 6.45) is 0.801. The van der Waals surface area contributed by atoms with Crippen molar-refractivity contribution < 1.29 is 9.90 Å². The lowest BCUT2D eigenvalue weighted by atomic mass is 10.3. The predicted octanol–water partition coefficient (Wildman–Crippen LogP) is 2.73. The molecule has 0 bridgehead atoms. The molecule has 16 heavy (non-hydrogen) atoms. The van der Waals surface area contributed by atoms with Crippen LogP contribution in [0.2, 0.25) is 0 Å². The molecule has 1 aromatic heterocycles. The lowest BCUT2D eigenvalue weighted by Gasteiger charge is -1.88. The number of benzene rings is 1. The summed E-state index contributed by atoms with van der Waals surface area (Å²) in [5, 5.41) is 8.49. The molecule has 0 saturated heterocycles. The molecule has 0 aliphatic heterocycles. The molecule has 0 aliphatic carbocycles. The Kier molecular flexibility index (Phi) is 3.69. The molecule has 0 atom stereocenters. The highest BCUT2D eigenvalue weighted by molar-refractivity contribution is 7.35. The highest BCUT2D eigenvalue weighted by Crippen LogP contribution is 2.20. The number of aliphatic carboxylic acids is 1. The molecule has 0 unspecified atom stereocenters. The lowest BCUT2D eigenvalue weighted by molar-refractivity contribution is -0.137. The van der Waals surface area contributed by atoms with E-state index in [1.165, 1.54) is 9.40 Å². The number of hydrogen-bond acceptors (Lipinski definition) is 4. The zero-order chi connectivity index (χ0) is 11.4. The third-order valence-electron chi connectivity index (χ3n) is 2.03. The number of hydrogen-bond donors (Lipinski definition) is 1. The number of nitrogens with zero attached hydrogens (tertiary/aromatic N) is 1. The minimum atomic E-state index is -0.754. The van der Waals surface area contributed by atoms with E-state index in [4.69, 9.17) is 5.11 Å². The summed E-state index contributed by atoms with van der Waals surface area (Å²) in [5.74, 6) is -0.754. The fourth-order valence-electron chi connectivity index (χ4n) is 1.29. The van der Waals surface area contributed by atoms with Crippen LogP contribution < -0.4 is 3.98 Å². The van der Waals surface area contributed by atoms with Gasteiger partial charge in [-0.25, -0.2) is 0 Å². The molecular formula is C11H11NO2S2. The molecular weight excluding hydrogens is 242 g/mol. The minimum Gasteiger partial charge on any atom is -0.481 e. The van der Waals surface area contributed by atoms with E-state index in [2.05, 4.69) is 17.1 Å². The third-order valence-corrected chi connectivity index (χ3v) is 4.42. The van der Waals surface area contributed by atoms with Gasteiger partial charge in [-0.2, -0.15) is 0 Å². The van der Waals surface area contributed by atoms with Crippen molar-refractivity contribution in [3.8, 4) is 0 Å². The van der Waals surface area contributed by atoms with Crippen LogP contribution in [0.5, 0.6) is 0 Å². The van der Waals surface area contributed by atoms with Gasteiger partial charge in [0.05, 0.1) is 0 Å². The SMILES string of the molecule is O=C(O)CCCN=c1sc2ccccc2s1. The second-order valence-electron chi connectivity index (χ2n) is 3.30. The molecule has 2 rings (SSSR count). The van der Waals surface area contributed by atoms with Crippen molar-refractivity contribution in [3.05, 3.63) is 28.3 Å². The Balaban J connectivity index is 2.08. The molecule has 1 aromatic carbocycles. The Bertz CT molecular complexity index is 520. The molecule has 1 heterocycles. The van der Waals surface area contributed by atoms with Crippen molar-refractivity contribution >= 4 is 38.0 Å². The van der Waals surface area contributed by atoms with Crippen LogP contribution in [0.3, 0.4) is 0 Å². The first kappa shape index (κ1) is 11.3. The summed E-state index contributed by atoms with van der Waals surface area (Å²) in [7, 11) is 0. The van der Waals surface area contributed by atoms with Gasteiger partial charge in [0, 0.05) is 22.4 Å². The Labute approximate surface area is 101 Å². The smallest absolute Gasteiger partial charge is 0.303 e. The first-order valence-electron chi connectivity index (χ1n) is 4.96. The molecule has 3 nitrogen and oxygen atoms in total. The van der Waals surface area contributed by atoms with Crippen LogP contribution in [0, 0.1) is 0 Å². The Morgan fingerprint density at radius 1 is 1.25 bits per heavy atom.